The molecule has 7 rings (SSSR count). The van der Waals surface area contributed by atoms with Crippen molar-refractivity contribution in [2.75, 3.05) is 56.1 Å². The standard InChI is InChI=1S/C39H44ClN8O5P/c1-46(22-24-9-11-28-25(19-24)23-48(38(28)51)32-13-14-35(49)44-37(32)50)26-15-17-47(18-16-26)27-10-12-30(33(20-27)53-2)43-39-41-21-29(40)36(45-39)42-31-7-5-6-8-34(31)54(3,4)52/h5-12,19-21,26,32H,13-18,22-23H2,1-4H3,(H,44,49,50)(H2,41,42,43,45). The van der Waals surface area contributed by atoms with Crippen LogP contribution in [0.25, 0.3) is 0 Å². The van der Waals surface area contributed by atoms with Gasteiger partial charge in [0.05, 0.1) is 24.7 Å². The summed E-state index contributed by atoms with van der Waals surface area (Å²) in [6.45, 7) is 6.32. The molecule has 1 unspecified atom stereocenters. The number of hydrogen-bond acceptors (Lipinski definition) is 11. The largest absolute Gasteiger partial charge is 0.494 e. The second-order valence-electron chi connectivity index (χ2n) is 14.4. The molecule has 1 aromatic heterocycles. The summed E-state index contributed by atoms with van der Waals surface area (Å²) in [6, 6.07) is 19.2. The number of imide groups is 1. The number of benzene rings is 3. The number of fused-ring (bicyclic) bond motifs is 1. The predicted molar refractivity (Wildman–Crippen MR) is 211 cm³/mol. The number of methoxy groups -OCH3 is 1. The monoisotopic (exact) mass is 770 g/mol. The molecular formula is C39H44ClN8O5P. The summed E-state index contributed by atoms with van der Waals surface area (Å²) in [6.07, 6.45) is 4.07. The SMILES string of the molecule is COc1cc(N2CCC(N(C)Cc3ccc4c(c3)CN(C3CCC(=O)NC3=O)C4=O)CC2)ccc1Nc1ncc(Cl)c(Nc2ccccc2P(C)(C)=O)n1. The van der Waals surface area contributed by atoms with Crippen molar-refractivity contribution >= 4 is 70.6 Å². The molecular weight excluding hydrogens is 727 g/mol. The van der Waals surface area contributed by atoms with Crippen LogP contribution in [-0.4, -0.2) is 90.1 Å². The maximum atomic E-state index is 13.1. The molecule has 2 saturated heterocycles. The van der Waals surface area contributed by atoms with Crippen LogP contribution in [0.15, 0.2) is 66.9 Å². The van der Waals surface area contributed by atoms with Crippen molar-refractivity contribution in [1.29, 1.82) is 0 Å². The lowest BCUT2D eigenvalue weighted by molar-refractivity contribution is -0.136. The lowest BCUT2D eigenvalue weighted by Crippen LogP contribution is -2.52. The van der Waals surface area contributed by atoms with Gasteiger partial charge in [-0.15, -0.1) is 0 Å². The molecule has 15 heteroatoms. The zero-order valence-electron chi connectivity index (χ0n) is 30.8. The van der Waals surface area contributed by atoms with Crippen molar-refractivity contribution in [3.05, 3.63) is 88.6 Å². The van der Waals surface area contributed by atoms with E-state index in [4.69, 9.17) is 16.3 Å². The van der Waals surface area contributed by atoms with Crippen molar-refractivity contribution in [1.82, 2.24) is 25.1 Å². The van der Waals surface area contributed by atoms with Gasteiger partial charge in [0.2, 0.25) is 17.8 Å². The molecule has 13 nitrogen and oxygen atoms in total. The van der Waals surface area contributed by atoms with E-state index in [2.05, 4.69) is 54.9 Å². The van der Waals surface area contributed by atoms with Crippen molar-refractivity contribution < 1.29 is 23.7 Å². The molecule has 4 aromatic rings. The van der Waals surface area contributed by atoms with Crippen molar-refractivity contribution in [2.45, 2.75) is 50.9 Å². The molecule has 2 fully saturated rings. The van der Waals surface area contributed by atoms with Gasteiger partial charge in [-0.1, -0.05) is 35.9 Å². The highest BCUT2D eigenvalue weighted by atomic mass is 35.5. The fourth-order valence-electron chi connectivity index (χ4n) is 7.50. The minimum Gasteiger partial charge on any atom is -0.494 e. The van der Waals surface area contributed by atoms with Gasteiger partial charge >= 0.3 is 0 Å². The van der Waals surface area contributed by atoms with Gasteiger partial charge in [-0.25, -0.2) is 4.98 Å². The number of rotatable bonds is 11. The van der Waals surface area contributed by atoms with E-state index in [-0.39, 0.29) is 18.2 Å². The lowest BCUT2D eigenvalue weighted by Gasteiger charge is -2.38. The van der Waals surface area contributed by atoms with Crippen molar-refractivity contribution in [2.24, 2.45) is 0 Å². The Morgan fingerprint density at radius 2 is 1.78 bits per heavy atom. The Kier molecular flexibility index (Phi) is 10.7. The van der Waals surface area contributed by atoms with E-state index in [1.165, 1.54) is 6.20 Å². The van der Waals surface area contributed by atoms with Crippen LogP contribution in [0.4, 0.5) is 28.8 Å². The average Bonchev–Trinajstić information content (AvgIpc) is 3.47. The number of halogens is 1. The quantitative estimate of drug-likeness (QED) is 0.127. The van der Waals surface area contributed by atoms with Crippen LogP contribution in [0.1, 0.15) is 47.2 Å². The normalized spacial score (nSPS) is 17.8. The van der Waals surface area contributed by atoms with E-state index in [0.717, 1.165) is 49.3 Å². The van der Waals surface area contributed by atoms with Gasteiger partial charge in [-0.05, 0) is 81.1 Å². The van der Waals surface area contributed by atoms with E-state index in [0.29, 0.717) is 63.8 Å². The molecule has 0 spiro atoms. The number of nitrogens with one attached hydrogen (secondary N) is 3. The molecule has 0 aliphatic carbocycles. The third-order valence-corrected chi connectivity index (χ3v) is 12.2. The first-order valence-corrected chi connectivity index (χ1v) is 21.0. The minimum atomic E-state index is -2.55. The molecule has 0 saturated carbocycles. The molecule has 4 heterocycles. The Labute approximate surface area is 319 Å². The van der Waals surface area contributed by atoms with E-state index in [1.54, 1.807) is 25.3 Å². The van der Waals surface area contributed by atoms with Crippen LogP contribution < -0.4 is 30.9 Å². The zero-order chi connectivity index (χ0) is 38.1. The van der Waals surface area contributed by atoms with Gasteiger partial charge in [0.15, 0.2) is 5.82 Å². The fraction of sp³-hybridized carbons (Fsp3) is 0.359. The first-order valence-electron chi connectivity index (χ1n) is 18.0. The van der Waals surface area contributed by atoms with Crippen LogP contribution in [0, 0.1) is 0 Å². The Hall–Kier alpha value is -4.97. The Morgan fingerprint density at radius 3 is 2.52 bits per heavy atom. The molecule has 282 valence electrons. The van der Waals surface area contributed by atoms with Crippen molar-refractivity contribution in [3.8, 4) is 5.75 Å². The highest BCUT2D eigenvalue weighted by molar-refractivity contribution is 7.70. The summed E-state index contributed by atoms with van der Waals surface area (Å²) < 4.78 is 18.7. The van der Waals surface area contributed by atoms with Gasteiger partial charge in [-0.3, -0.25) is 24.6 Å². The number of aromatic nitrogens is 2. The molecule has 3 aliphatic rings. The molecule has 0 bridgehead atoms. The van der Waals surface area contributed by atoms with Gasteiger partial charge in [-0.2, -0.15) is 4.98 Å². The number of para-hydroxylation sites is 1. The summed E-state index contributed by atoms with van der Waals surface area (Å²) in [7, 11) is 1.22. The second kappa shape index (κ2) is 15.4. The van der Waals surface area contributed by atoms with E-state index < -0.39 is 19.1 Å². The topological polar surface area (TPSA) is 149 Å². The highest BCUT2D eigenvalue weighted by Gasteiger charge is 2.39. The summed E-state index contributed by atoms with van der Waals surface area (Å²) in [5.74, 6) is 0.521. The second-order valence-corrected chi connectivity index (χ2v) is 18.0. The number of carbonyl (C=O) groups is 3. The molecule has 0 radical (unpaired) electrons. The van der Waals surface area contributed by atoms with Gasteiger partial charge < -0.3 is 29.7 Å². The maximum Gasteiger partial charge on any atom is 0.255 e. The van der Waals surface area contributed by atoms with Crippen LogP contribution in [-0.2, 0) is 27.2 Å². The van der Waals surface area contributed by atoms with E-state index >= 15 is 0 Å². The van der Waals surface area contributed by atoms with Crippen LogP contribution >= 0.6 is 18.7 Å². The van der Waals surface area contributed by atoms with Crippen molar-refractivity contribution in [3.63, 3.8) is 0 Å². The number of hydrogen-bond donors (Lipinski definition) is 3. The Balaban J connectivity index is 0.956. The molecule has 3 N–H and O–H groups in total. The number of anilines is 5. The zero-order valence-corrected chi connectivity index (χ0v) is 32.4. The molecule has 3 aliphatic heterocycles. The number of nitrogens with zero attached hydrogens (tertiary/aromatic N) is 5. The molecule has 3 amide bonds. The summed E-state index contributed by atoms with van der Waals surface area (Å²) in [5.41, 5.74) is 5.10. The Bertz CT molecular complexity index is 2150. The first kappa shape index (κ1) is 37.3. The first-order chi connectivity index (χ1) is 25.9. The molecule has 1 atom stereocenters. The molecule has 54 heavy (non-hydrogen) atoms. The number of piperidine rings is 2. The molecule has 3 aromatic carbocycles. The van der Waals surface area contributed by atoms with Crippen LogP contribution in [0.5, 0.6) is 5.75 Å². The number of amides is 3. The minimum absolute atomic E-state index is 0.156. The highest BCUT2D eigenvalue weighted by Crippen LogP contribution is 2.39. The van der Waals surface area contributed by atoms with Crippen LogP contribution in [0.3, 0.4) is 0 Å². The smallest absolute Gasteiger partial charge is 0.255 e. The summed E-state index contributed by atoms with van der Waals surface area (Å²) >= 11 is 6.46. The summed E-state index contributed by atoms with van der Waals surface area (Å²) in [4.78, 5) is 52.5. The van der Waals surface area contributed by atoms with E-state index in [1.807, 2.05) is 48.5 Å². The lowest BCUT2D eigenvalue weighted by atomic mass is 10.0. The number of ether oxygens (including phenoxy) is 1. The van der Waals surface area contributed by atoms with Crippen LogP contribution in [0.2, 0.25) is 5.02 Å². The third-order valence-electron chi connectivity index (χ3n) is 10.4. The van der Waals surface area contributed by atoms with Gasteiger partial charge in [0.25, 0.3) is 5.91 Å². The third kappa shape index (κ3) is 7.94. The van der Waals surface area contributed by atoms with E-state index in [9.17, 15) is 18.9 Å². The van der Waals surface area contributed by atoms with Gasteiger partial charge in [0, 0.05) is 61.3 Å². The predicted octanol–water partition coefficient (Wildman–Crippen LogP) is 5.74. The summed E-state index contributed by atoms with van der Waals surface area (Å²) in [5, 5.41) is 9.90. The number of carbonyl (C=O) groups excluding carboxylic acids is 3. The Morgan fingerprint density at radius 1 is 1.00 bits per heavy atom. The fourth-order valence-corrected chi connectivity index (χ4v) is 8.79. The van der Waals surface area contributed by atoms with Gasteiger partial charge in [0.1, 0.15) is 24.0 Å². The average molecular weight is 771 g/mol. The maximum absolute atomic E-state index is 13.1.